The van der Waals surface area contributed by atoms with Crippen molar-refractivity contribution in [3.05, 3.63) is 58.5 Å². The number of fused-ring (bicyclic) bond motifs is 4. The van der Waals surface area contributed by atoms with Gasteiger partial charge in [0.1, 0.15) is 0 Å². The van der Waals surface area contributed by atoms with Crippen LogP contribution in [0, 0.1) is 6.92 Å². The summed E-state index contributed by atoms with van der Waals surface area (Å²) >= 11 is 5.32. The highest BCUT2D eigenvalue weighted by atomic mass is 32.1. The SMILES string of the molecule is Cc1nc2c(cc1Nc1ncc3c(n1)-c1ccc(C(F)(F)F)cc1NC(=S)C3)CCCC2. The normalized spacial score (nSPS) is 15.2. The van der Waals surface area contributed by atoms with Gasteiger partial charge in [0.25, 0.3) is 0 Å². The molecule has 0 atom stereocenters. The predicted molar refractivity (Wildman–Crippen MR) is 121 cm³/mol. The van der Waals surface area contributed by atoms with Gasteiger partial charge in [-0.3, -0.25) is 4.98 Å². The number of rotatable bonds is 2. The number of hydrogen-bond donors (Lipinski definition) is 2. The third-order valence-electron chi connectivity index (χ3n) is 5.83. The molecule has 2 aliphatic rings. The van der Waals surface area contributed by atoms with Crippen LogP contribution in [0.1, 0.15) is 40.9 Å². The quantitative estimate of drug-likeness (QED) is 0.478. The van der Waals surface area contributed by atoms with E-state index in [2.05, 4.69) is 26.7 Å². The maximum atomic E-state index is 13.2. The third-order valence-corrected chi connectivity index (χ3v) is 6.08. The Hall–Kier alpha value is -3.07. The zero-order valence-corrected chi connectivity index (χ0v) is 18.1. The summed E-state index contributed by atoms with van der Waals surface area (Å²) in [5, 5.41) is 6.18. The summed E-state index contributed by atoms with van der Waals surface area (Å²) in [6, 6.07) is 5.67. The van der Waals surface area contributed by atoms with Gasteiger partial charge < -0.3 is 10.6 Å². The van der Waals surface area contributed by atoms with Crippen LogP contribution >= 0.6 is 12.2 Å². The Labute approximate surface area is 188 Å². The Morgan fingerprint density at radius 1 is 1.06 bits per heavy atom. The van der Waals surface area contributed by atoms with Gasteiger partial charge in [0, 0.05) is 35.1 Å². The molecular formula is C23H20F3N5S. The van der Waals surface area contributed by atoms with Gasteiger partial charge in [0.15, 0.2) is 0 Å². The zero-order chi connectivity index (χ0) is 22.5. The van der Waals surface area contributed by atoms with Crippen molar-refractivity contribution < 1.29 is 13.2 Å². The number of benzene rings is 1. The summed E-state index contributed by atoms with van der Waals surface area (Å²) in [5.41, 5.74) is 5.50. The molecule has 1 aliphatic carbocycles. The van der Waals surface area contributed by atoms with Gasteiger partial charge in [-0.15, -0.1) is 0 Å². The molecule has 0 amide bonds. The van der Waals surface area contributed by atoms with Crippen LogP contribution in [0.25, 0.3) is 11.3 Å². The van der Waals surface area contributed by atoms with Crippen LogP contribution in [0.5, 0.6) is 0 Å². The van der Waals surface area contributed by atoms with Crippen LogP contribution in [0.15, 0.2) is 30.5 Å². The van der Waals surface area contributed by atoms with Crippen molar-refractivity contribution >= 4 is 34.5 Å². The number of anilines is 3. The van der Waals surface area contributed by atoms with E-state index in [0.717, 1.165) is 60.5 Å². The molecule has 0 spiro atoms. The second kappa shape index (κ2) is 7.81. The summed E-state index contributed by atoms with van der Waals surface area (Å²) in [6.45, 7) is 1.94. The number of pyridine rings is 1. The molecule has 5 nitrogen and oxygen atoms in total. The number of nitrogens with one attached hydrogen (secondary N) is 2. The van der Waals surface area contributed by atoms with Gasteiger partial charge in [0.05, 0.1) is 27.6 Å². The molecule has 0 fully saturated rings. The van der Waals surface area contributed by atoms with E-state index in [9.17, 15) is 13.2 Å². The Morgan fingerprint density at radius 3 is 2.69 bits per heavy atom. The molecule has 3 aromatic rings. The first kappa shape index (κ1) is 20.8. The van der Waals surface area contributed by atoms with Crippen molar-refractivity contribution in [3.63, 3.8) is 0 Å². The van der Waals surface area contributed by atoms with Crippen LogP contribution < -0.4 is 10.6 Å². The molecule has 1 aliphatic heterocycles. The molecule has 0 unspecified atom stereocenters. The van der Waals surface area contributed by atoms with Crippen LogP contribution in [-0.4, -0.2) is 19.9 Å². The molecule has 2 aromatic heterocycles. The van der Waals surface area contributed by atoms with Crippen molar-refractivity contribution in [1.82, 2.24) is 15.0 Å². The summed E-state index contributed by atoms with van der Waals surface area (Å²) < 4.78 is 39.6. The highest BCUT2D eigenvalue weighted by Gasteiger charge is 2.32. The van der Waals surface area contributed by atoms with Crippen molar-refractivity contribution in [3.8, 4) is 11.3 Å². The molecule has 164 valence electrons. The first-order chi connectivity index (χ1) is 15.3. The van der Waals surface area contributed by atoms with E-state index in [-0.39, 0.29) is 0 Å². The summed E-state index contributed by atoms with van der Waals surface area (Å²) in [5.74, 6) is 0.364. The minimum atomic E-state index is -4.44. The van der Waals surface area contributed by atoms with E-state index in [4.69, 9.17) is 17.2 Å². The first-order valence-electron chi connectivity index (χ1n) is 10.4. The van der Waals surface area contributed by atoms with Crippen LogP contribution in [0.2, 0.25) is 0 Å². The van der Waals surface area contributed by atoms with Gasteiger partial charge in [0.2, 0.25) is 5.95 Å². The molecule has 5 rings (SSSR count). The number of thiocarbonyl (C=S) groups is 1. The molecule has 0 saturated carbocycles. The summed E-state index contributed by atoms with van der Waals surface area (Å²) in [4.78, 5) is 14.2. The lowest BCUT2D eigenvalue weighted by Crippen LogP contribution is -2.12. The molecule has 0 bridgehead atoms. The maximum Gasteiger partial charge on any atom is 0.416 e. The molecule has 9 heteroatoms. The number of halogens is 3. The van der Waals surface area contributed by atoms with Crippen LogP contribution in [0.3, 0.4) is 0 Å². The topological polar surface area (TPSA) is 62.7 Å². The number of aryl methyl sites for hydroxylation is 3. The van der Waals surface area contributed by atoms with E-state index in [1.807, 2.05) is 6.92 Å². The van der Waals surface area contributed by atoms with E-state index < -0.39 is 11.7 Å². The third kappa shape index (κ3) is 3.92. The Balaban J connectivity index is 1.54. The fourth-order valence-corrected chi connectivity index (χ4v) is 4.48. The monoisotopic (exact) mass is 455 g/mol. The molecule has 0 radical (unpaired) electrons. The van der Waals surface area contributed by atoms with Gasteiger partial charge in [-0.2, -0.15) is 13.2 Å². The second-order valence-corrected chi connectivity index (χ2v) is 8.60. The van der Waals surface area contributed by atoms with Crippen LogP contribution in [0.4, 0.5) is 30.5 Å². The zero-order valence-electron chi connectivity index (χ0n) is 17.3. The van der Waals surface area contributed by atoms with E-state index in [1.165, 1.54) is 11.6 Å². The minimum absolute atomic E-state index is 0.292. The first-order valence-corrected chi connectivity index (χ1v) is 10.8. The van der Waals surface area contributed by atoms with Gasteiger partial charge >= 0.3 is 6.18 Å². The van der Waals surface area contributed by atoms with Gasteiger partial charge in [-0.1, -0.05) is 18.3 Å². The van der Waals surface area contributed by atoms with E-state index in [1.54, 1.807) is 6.20 Å². The van der Waals surface area contributed by atoms with Crippen molar-refractivity contribution in [2.75, 3.05) is 10.6 Å². The Morgan fingerprint density at radius 2 is 1.88 bits per heavy atom. The minimum Gasteiger partial charge on any atom is -0.349 e. The smallest absolute Gasteiger partial charge is 0.349 e. The number of alkyl halides is 3. The Bertz CT molecular complexity index is 1240. The Kier molecular flexibility index (Phi) is 5.08. The predicted octanol–water partition coefficient (Wildman–Crippen LogP) is 5.78. The largest absolute Gasteiger partial charge is 0.416 e. The molecule has 0 saturated heterocycles. The number of hydrogen-bond acceptors (Lipinski definition) is 5. The molecule has 3 heterocycles. The highest BCUT2D eigenvalue weighted by Crippen LogP contribution is 2.38. The number of nitrogens with zero attached hydrogens (tertiary/aromatic N) is 3. The van der Waals surface area contributed by atoms with Crippen molar-refractivity contribution in [2.45, 2.75) is 45.2 Å². The lowest BCUT2D eigenvalue weighted by atomic mass is 9.95. The fourth-order valence-electron chi connectivity index (χ4n) is 4.21. The standard InChI is InChI=1S/C23H20F3N5S/c1-12-18(8-13-4-2-3-5-17(13)28-12)30-22-27-11-14-9-20(32)29-19-10-15(23(24,25)26)6-7-16(19)21(14)31-22/h6-8,10-11H,2-5,9H2,1H3,(H,29,32)(H,27,30,31). The maximum absolute atomic E-state index is 13.2. The van der Waals surface area contributed by atoms with Gasteiger partial charge in [-0.05, 0) is 56.4 Å². The molecule has 32 heavy (non-hydrogen) atoms. The fraction of sp³-hybridized carbons (Fsp3) is 0.304. The van der Waals surface area contributed by atoms with E-state index in [0.29, 0.717) is 34.3 Å². The van der Waals surface area contributed by atoms with E-state index >= 15 is 0 Å². The molecular weight excluding hydrogens is 435 g/mol. The van der Waals surface area contributed by atoms with Crippen molar-refractivity contribution in [2.24, 2.45) is 0 Å². The van der Waals surface area contributed by atoms with Gasteiger partial charge in [-0.25, -0.2) is 9.97 Å². The summed E-state index contributed by atoms with van der Waals surface area (Å²) in [7, 11) is 0. The van der Waals surface area contributed by atoms with Crippen LogP contribution in [-0.2, 0) is 25.4 Å². The molecule has 1 aromatic carbocycles. The molecule has 2 N–H and O–H groups in total. The summed E-state index contributed by atoms with van der Waals surface area (Å²) in [6.07, 6.45) is 1.88. The lowest BCUT2D eigenvalue weighted by Gasteiger charge is -2.18. The van der Waals surface area contributed by atoms with Crippen molar-refractivity contribution in [1.29, 1.82) is 0 Å². The number of aromatic nitrogens is 3. The highest BCUT2D eigenvalue weighted by molar-refractivity contribution is 7.80. The average Bonchev–Trinajstić information content (AvgIpc) is 2.88. The average molecular weight is 456 g/mol. The second-order valence-electron chi connectivity index (χ2n) is 8.11. The lowest BCUT2D eigenvalue weighted by molar-refractivity contribution is -0.137.